The first-order chi connectivity index (χ1) is 4.54. The molecule has 0 radical (unpaired) electrons. The molecule has 0 saturated heterocycles. The third kappa shape index (κ3) is 4.49. The Morgan fingerprint density at radius 2 is 1.90 bits per heavy atom. The third-order valence-electron chi connectivity index (χ3n) is 0.738. The summed E-state index contributed by atoms with van der Waals surface area (Å²) in [5, 5.41) is 2.40. The number of carbonyl (C=O) groups excluding carboxylic acids is 2. The molecule has 0 unspecified atom stereocenters. The van der Waals surface area contributed by atoms with Crippen LogP contribution in [-0.4, -0.2) is 11.7 Å². The molecule has 0 aliphatic rings. The van der Waals surface area contributed by atoms with Crippen molar-refractivity contribution in [3.8, 4) is 0 Å². The van der Waals surface area contributed by atoms with Crippen LogP contribution < -0.4 is 5.32 Å². The fraction of sp³-hybridized carbons (Fsp3) is 0.333. The summed E-state index contributed by atoms with van der Waals surface area (Å²) >= 11 is 1.86. The van der Waals surface area contributed by atoms with Gasteiger partial charge in [-0.2, -0.15) is 0 Å². The van der Waals surface area contributed by atoms with Crippen LogP contribution in [0.4, 0.5) is 0 Å². The normalized spacial score (nSPS) is 10.9. The molecule has 0 aromatic carbocycles. The second-order valence-corrected chi connectivity index (χ2v) is 2.91. The lowest BCUT2D eigenvalue weighted by Crippen LogP contribution is -2.13. The molecule has 0 aromatic rings. The van der Waals surface area contributed by atoms with Crippen LogP contribution in [0, 0.1) is 0 Å². The minimum absolute atomic E-state index is 0.0469. The van der Waals surface area contributed by atoms with Crippen molar-refractivity contribution in [2.75, 3.05) is 0 Å². The molecule has 0 aromatic heterocycles. The summed E-state index contributed by atoms with van der Waals surface area (Å²) in [5.41, 5.74) is 0. The van der Waals surface area contributed by atoms with Crippen LogP contribution in [0.5, 0.6) is 0 Å². The maximum Gasteiger partial charge on any atom is 0.220 e. The number of hydrogen-bond donors (Lipinski definition) is 1. The van der Waals surface area contributed by atoms with Crippen LogP contribution >= 0.6 is 22.6 Å². The van der Waals surface area contributed by atoms with Gasteiger partial charge in [0, 0.05) is 13.1 Å². The Balaban J connectivity index is 3.92. The minimum Gasteiger partial charge on any atom is -0.332 e. The van der Waals surface area contributed by atoms with Gasteiger partial charge in [-0.15, -0.1) is 0 Å². The van der Waals surface area contributed by atoms with E-state index in [2.05, 4.69) is 5.32 Å². The highest BCUT2D eigenvalue weighted by Crippen LogP contribution is 2.03. The summed E-state index contributed by atoms with van der Waals surface area (Å²) in [4.78, 5) is 20.8. The lowest BCUT2D eigenvalue weighted by atomic mass is 10.4. The van der Waals surface area contributed by atoms with Gasteiger partial charge in [0.1, 0.15) is 0 Å². The first-order valence-corrected chi connectivity index (χ1v) is 3.75. The molecular formula is C6H8INO2. The molecule has 0 atom stereocenters. The zero-order valence-corrected chi connectivity index (χ0v) is 7.93. The highest BCUT2D eigenvalue weighted by atomic mass is 127. The summed E-state index contributed by atoms with van der Waals surface area (Å²) < 4.78 is 0.521. The van der Waals surface area contributed by atoms with E-state index in [9.17, 15) is 9.59 Å². The van der Waals surface area contributed by atoms with E-state index in [1.54, 1.807) is 0 Å². The van der Waals surface area contributed by atoms with E-state index < -0.39 is 0 Å². The molecule has 0 spiro atoms. The van der Waals surface area contributed by atoms with Crippen molar-refractivity contribution in [1.82, 2.24) is 5.32 Å². The predicted octanol–water partition coefficient (Wildman–Crippen LogP) is 0.988. The Labute approximate surface area is 73.0 Å². The lowest BCUT2D eigenvalue weighted by molar-refractivity contribution is -0.118. The van der Waals surface area contributed by atoms with Crippen LogP contribution in [0.1, 0.15) is 13.8 Å². The van der Waals surface area contributed by atoms with Crippen LogP contribution in [0.3, 0.4) is 0 Å². The molecule has 1 N–H and O–H groups in total. The van der Waals surface area contributed by atoms with Crippen LogP contribution in [0.15, 0.2) is 9.78 Å². The van der Waals surface area contributed by atoms with Crippen LogP contribution in [-0.2, 0) is 9.59 Å². The number of allylic oxidation sites excluding steroid dienone is 1. The number of ketones is 1. The zero-order valence-electron chi connectivity index (χ0n) is 5.77. The molecule has 1 amide bonds. The molecule has 0 bridgehead atoms. The molecule has 0 heterocycles. The van der Waals surface area contributed by atoms with Crippen molar-refractivity contribution < 1.29 is 9.59 Å². The van der Waals surface area contributed by atoms with Gasteiger partial charge in [0.25, 0.3) is 0 Å². The first kappa shape index (κ1) is 9.61. The Morgan fingerprint density at radius 3 is 2.20 bits per heavy atom. The summed E-state index contributed by atoms with van der Waals surface area (Å²) in [6, 6.07) is 0. The minimum atomic E-state index is -0.171. The first-order valence-electron chi connectivity index (χ1n) is 2.67. The number of halogens is 1. The van der Waals surface area contributed by atoms with Gasteiger partial charge in [-0.3, -0.25) is 9.59 Å². The van der Waals surface area contributed by atoms with E-state index in [0.29, 0.717) is 3.58 Å². The number of hydrogen-bond acceptors (Lipinski definition) is 2. The smallest absolute Gasteiger partial charge is 0.220 e. The monoisotopic (exact) mass is 253 g/mol. The standard InChI is InChI=1S/C6H8INO2/c1-4(9)6(7)3-8-5(2)10/h3H,1-2H3,(H,8,10)/b6-3+. The molecule has 0 rings (SSSR count). The van der Waals surface area contributed by atoms with Gasteiger partial charge in [0.15, 0.2) is 5.78 Å². The molecule has 0 aliphatic heterocycles. The molecule has 56 valence electrons. The number of rotatable bonds is 2. The predicted molar refractivity (Wildman–Crippen MR) is 46.6 cm³/mol. The van der Waals surface area contributed by atoms with E-state index in [-0.39, 0.29) is 11.7 Å². The van der Waals surface area contributed by atoms with Gasteiger partial charge in [-0.1, -0.05) is 0 Å². The summed E-state index contributed by atoms with van der Waals surface area (Å²) in [6.45, 7) is 2.83. The molecule has 4 heteroatoms. The number of Topliss-reactive ketones (excluding diaryl/α,β-unsaturated/α-hetero) is 1. The fourth-order valence-corrected chi connectivity index (χ4v) is 0.422. The van der Waals surface area contributed by atoms with Crippen LogP contribution in [0.2, 0.25) is 0 Å². The third-order valence-corrected chi connectivity index (χ3v) is 1.81. The van der Waals surface area contributed by atoms with E-state index in [4.69, 9.17) is 0 Å². The zero-order chi connectivity index (χ0) is 8.15. The van der Waals surface area contributed by atoms with Crippen molar-refractivity contribution in [2.45, 2.75) is 13.8 Å². The van der Waals surface area contributed by atoms with E-state index in [1.807, 2.05) is 22.6 Å². The van der Waals surface area contributed by atoms with Gasteiger partial charge in [0.05, 0.1) is 3.58 Å². The van der Waals surface area contributed by atoms with Gasteiger partial charge in [-0.25, -0.2) is 0 Å². The Hall–Kier alpha value is -0.390. The summed E-state index contributed by atoms with van der Waals surface area (Å²) in [5.74, 6) is -0.218. The van der Waals surface area contributed by atoms with Crippen molar-refractivity contribution >= 4 is 34.3 Å². The Kier molecular flexibility index (Phi) is 4.26. The van der Waals surface area contributed by atoms with E-state index in [0.717, 1.165) is 0 Å². The van der Waals surface area contributed by atoms with Crippen molar-refractivity contribution in [3.63, 3.8) is 0 Å². The van der Waals surface area contributed by atoms with Crippen LogP contribution in [0.25, 0.3) is 0 Å². The molecule has 0 saturated carbocycles. The lowest BCUT2D eigenvalue weighted by Gasteiger charge is -1.92. The van der Waals surface area contributed by atoms with Crippen molar-refractivity contribution in [1.29, 1.82) is 0 Å². The summed E-state index contributed by atoms with van der Waals surface area (Å²) in [7, 11) is 0. The Morgan fingerprint density at radius 1 is 1.40 bits per heavy atom. The topological polar surface area (TPSA) is 46.2 Å². The molecule has 0 aliphatic carbocycles. The number of nitrogens with one attached hydrogen (secondary N) is 1. The van der Waals surface area contributed by atoms with Crippen molar-refractivity contribution in [3.05, 3.63) is 9.78 Å². The SMILES string of the molecule is CC(=O)N/C=C(/I)C(C)=O. The maximum absolute atomic E-state index is 10.5. The maximum atomic E-state index is 10.5. The quantitative estimate of drug-likeness (QED) is 0.589. The summed E-state index contributed by atoms with van der Waals surface area (Å²) in [6.07, 6.45) is 1.39. The highest BCUT2D eigenvalue weighted by molar-refractivity contribution is 14.1. The molecule has 10 heavy (non-hydrogen) atoms. The van der Waals surface area contributed by atoms with Gasteiger partial charge in [0.2, 0.25) is 5.91 Å². The average Bonchev–Trinajstić information content (AvgIpc) is 1.82. The fourth-order valence-electron chi connectivity index (χ4n) is 0.267. The molecule has 3 nitrogen and oxygen atoms in total. The number of carbonyl (C=O) groups is 2. The number of amides is 1. The van der Waals surface area contributed by atoms with E-state index in [1.165, 1.54) is 20.0 Å². The largest absolute Gasteiger partial charge is 0.332 e. The van der Waals surface area contributed by atoms with Crippen molar-refractivity contribution in [2.24, 2.45) is 0 Å². The van der Waals surface area contributed by atoms with Gasteiger partial charge >= 0.3 is 0 Å². The highest BCUT2D eigenvalue weighted by Gasteiger charge is 1.96. The molecule has 0 fully saturated rings. The molecular weight excluding hydrogens is 245 g/mol. The second-order valence-electron chi connectivity index (χ2n) is 1.75. The second kappa shape index (κ2) is 4.43. The van der Waals surface area contributed by atoms with Gasteiger partial charge < -0.3 is 5.32 Å². The van der Waals surface area contributed by atoms with Gasteiger partial charge in [-0.05, 0) is 29.5 Å². The average molecular weight is 253 g/mol. The Bertz CT molecular complexity index is 186. The van der Waals surface area contributed by atoms with E-state index >= 15 is 0 Å².